The zero-order chi connectivity index (χ0) is 10.3. The molecule has 3 heteroatoms. The van der Waals surface area contributed by atoms with E-state index in [9.17, 15) is 4.79 Å². The maximum absolute atomic E-state index is 11.1. The van der Waals surface area contributed by atoms with Crippen LogP contribution in [-0.4, -0.2) is 35.6 Å². The summed E-state index contributed by atoms with van der Waals surface area (Å²) in [4.78, 5) is 12.8. The maximum atomic E-state index is 11.1. The number of carbonyl (C=O) groups is 1. The molecule has 1 atom stereocenters. The van der Waals surface area contributed by atoms with Gasteiger partial charge in [-0.1, -0.05) is 6.58 Å². The van der Waals surface area contributed by atoms with Crippen LogP contribution in [0.3, 0.4) is 0 Å². The average Bonchev–Trinajstić information content (AvgIpc) is 2.15. The zero-order valence-electron chi connectivity index (χ0n) is 8.49. The minimum atomic E-state index is -0.0449. The van der Waals surface area contributed by atoms with E-state index in [1.807, 2.05) is 6.92 Å². The van der Waals surface area contributed by atoms with Crippen LogP contribution >= 0.6 is 0 Å². The number of aliphatic hydroxyl groups excluding tert-OH is 1. The zero-order valence-corrected chi connectivity index (χ0v) is 8.49. The molecule has 1 amide bonds. The van der Waals surface area contributed by atoms with Crippen molar-refractivity contribution in [2.24, 2.45) is 0 Å². The van der Waals surface area contributed by atoms with Gasteiger partial charge in [0.25, 0.3) is 0 Å². The summed E-state index contributed by atoms with van der Waals surface area (Å²) in [5, 5.41) is 8.58. The molecular formula is C10H19NO2. The Balaban J connectivity index is 3.74. The van der Waals surface area contributed by atoms with Crippen LogP contribution in [0.5, 0.6) is 0 Å². The van der Waals surface area contributed by atoms with Crippen LogP contribution in [0.25, 0.3) is 0 Å². The minimum Gasteiger partial charge on any atom is -0.396 e. The van der Waals surface area contributed by atoms with E-state index in [1.54, 1.807) is 11.9 Å². The number of amides is 1. The average molecular weight is 185 g/mol. The Morgan fingerprint density at radius 3 is 2.69 bits per heavy atom. The molecule has 0 aromatic rings. The summed E-state index contributed by atoms with van der Waals surface area (Å²) in [5.41, 5.74) is 0. The summed E-state index contributed by atoms with van der Waals surface area (Å²) in [6.07, 6.45) is 4.01. The first-order chi connectivity index (χ1) is 6.13. The molecule has 0 aliphatic rings. The molecule has 0 radical (unpaired) electrons. The second-order valence-corrected chi connectivity index (χ2v) is 3.22. The first kappa shape index (κ1) is 12.2. The highest BCUT2D eigenvalue weighted by Crippen LogP contribution is 2.06. The second-order valence-electron chi connectivity index (χ2n) is 3.22. The highest BCUT2D eigenvalue weighted by Gasteiger charge is 2.11. The number of hydrogen-bond acceptors (Lipinski definition) is 2. The van der Waals surface area contributed by atoms with Gasteiger partial charge in [-0.2, -0.15) is 0 Å². The molecule has 76 valence electrons. The first-order valence-electron chi connectivity index (χ1n) is 4.63. The molecule has 0 spiro atoms. The van der Waals surface area contributed by atoms with Crippen LogP contribution in [-0.2, 0) is 4.79 Å². The lowest BCUT2D eigenvalue weighted by molar-refractivity contribution is -0.126. The number of hydrogen-bond donors (Lipinski definition) is 1. The molecule has 0 aromatic heterocycles. The monoisotopic (exact) mass is 185 g/mol. The third-order valence-electron chi connectivity index (χ3n) is 2.21. The summed E-state index contributed by atoms with van der Waals surface area (Å²) in [6.45, 7) is 5.66. The molecule has 13 heavy (non-hydrogen) atoms. The van der Waals surface area contributed by atoms with E-state index in [1.165, 1.54) is 6.08 Å². The van der Waals surface area contributed by atoms with E-state index in [0.29, 0.717) is 0 Å². The van der Waals surface area contributed by atoms with Crippen LogP contribution in [0.15, 0.2) is 12.7 Å². The standard InChI is InChI=1S/C10H19NO2/c1-4-10(13)11(3)9(2)7-5-6-8-12/h4,9,12H,1,5-8H2,2-3H3/t9-/m1/s1. The van der Waals surface area contributed by atoms with Gasteiger partial charge in [-0.3, -0.25) is 4.79 Å². The lowest BCUT2D eigenvalue weighted by atomic mass is 10.1. The van der Waals surface area contributed by atoms with E-state index < -0.39 is 0 Å². The summed E-state index contributed by atoms with van der Waals surface area (Å²) in [5.74, 6) is -0.0449. The van der Waals surface area contributed by atoms with Crippen molar-refractivity contribution in [3.8, 4) is 0 Å². The largest absolute Gasteiger partial charge is 0.396 e. The molecule has 3 nitrogen and oxygen atoms in total. The third-order valence-corrected chi connectivity index (χ3v) is 2.21. The molecule has 0 saturated carbocycles. The van der Waals surface area contributed by atoms with E-state index in [-0.39, 0.29) is 18.6 Å². The fraction of sp³-hybridized carbons (Fsp3) is 0.700. The SMILES string of the molecule is C=CC(=O)N(C)[C@H](C)CCCCO. The normalized spacial score (nSPS) is 12.2. The summed E-state index contributed by atoms with van der Waals surface area (Å²) < 4.78 is 0. The number of aliphatic hydroxyl groups is 1. The van der Waals surface area contributed by atoms with Crippen LogP contribution < -0.4 is 0 Å². The first-order valence-corrected chi connectivity index (χ1v) is 4.63. The second kappa shape index (κ2) is 6.66. The molecular weight excluding hydrogens is 166 g/mol. The van der Waals surface area contributed by atoms with Gasteiger partial charge >= 0.3 is 0 Å². The highest BCUT2D eigenvalue weighted by molar-refractivity contribution is 5.86. The number of unbranched alkanes of at least 4 members (excludes halogenated alkanes) is 1. The lowest BCUT2D eigenvalue weighted by Gasteiger charge is -2.23. The van der Waals surface area contributed by atoms with Crippen LogP contribution in [0.1, 0.15) is 26.2 Å². The smallest absolute Gasteiger partial charge is 0.245 e. The summed E-state index contributed by atoms with van der Waals surface area (Å²) >= 11 is 0. The van der Waals surface area contributed by atoms with Crippen LogP contribution in [0, 0.1) is 0 Å². The van der Waals surface area contributed by atoms with Crippen molar-refractivity contribution in [2.45, 2.75) is 32.2 Å². The van der Waals surface area contributed by atoms with Crippen molar-refractivity contribution >= 4 is 5.91 Å². The molecule has 0 bridgehead atoms. The Morgan fingerprint density at radius 1 is 1.62 bits per heavy atom. The van der Waals surface area contributed by atoms with E-state index in [2.05, 4.69) is 6.58 Å². The van der Waals surface area contributed by atoms with E-state index >= 15 is 0 Å². The van der Waals surface area contributed by atoms with Gasteiger partial charge in [-0.25, -0.2) is 0 Å². The minimum absolute atomic E-state index is 0.0449. The van der Waals surface area contributed by atoms with Crippen molar-refractivity contribution in [1.82, 2.24) is 4.90 Å². The third kappa shape index (κ3) is 4.68. The van der Waals surface area contributed by atoms with Crippen molar-refractivity contribution in [2.75, 3.05) is 13.7 Å². The molecule has 0 rings (SSSR count). The Kier molecular flexibility index (Phi) is 6.24. The molecule has 0 unspecified atom stereocenters. The predicted molar refractivity (Wildman–Crippen MR) is 53.4 cm³/mol. The highest BCUT2D eigenvalue weighted by atomic mass is 16.2. The van der Waals surface area contributed by atoms with Crippen molar-refractivity contribution in [3.05, 3.63) is 12.7 Å². The molecule has 0 saturated heterocycles. The molecule has 0 aliphatic carbocycles. The van der Waals surface area contributed by atoms with Gasteiger partial charge < -0.3 is 10.0 Å². The van der Waals surface area contributed by atoms with Gasteiger partial charge in [0.15, 0.2) is 0 Å². The van der Waals surface area contributed by atoms with Gasteiger partial charge in [0, 0.05) is 19.7 Å². The van der Waals surface area contributed by atoms with Gasteiger partial charge in [-0.15, -0.1) is 0 Å². The summed E-state index contributed by atoms with van der Waals surface area (Å²) in [6, 6.07) is 0.219. The van der Waals surface area contributed by atoms with Gasteiger partial charge in [0.1, 0.15) is 0 Å². The number of rotatable bonds is 6. The van der Waals surface area contributed by atoms with Gasteiger partial charge in [-0.05, 0) is 32.3 Å². The molecule has 1 N–H and O–H groups in total. The van der Waals surface area contributed by atoms with Gasteiger partial charge in [0.05, 0.1) is 0 Å². The fourth-order valence-electron chi connectivity index (χ4n) is 1.11. The molecule has 0 heterocycles. The number of carbonyl (C=O) groups excluding carboxylic acids is 1. The fourth-order valence-corrected chi connectivity index (χ4v) is 1.11. The molecule has 0 fully saturated rings. The Hall–Kier alpha value is -0.830. The number of likely N-dealkylation sites (N-methyl/N-ethyl adjacent to an activating group) is 1. The van der Waals surface area contributed by atoms with Crippen LogP contribution in [0.2, 0.25) is 0 Å². The van der Waals surface area contributed by atoms with Crippen molar-refractivity contribution < 1.29 is 9.90 Å². The van der Waals surface area contributed by atoms with E-state index in [0.717, 1.165) is 19.3 Å². The van der Waals surface area contributed by atoms with E-state index in [4.69, 9.17) is 5.11 Å². The quantitative estimate of drug-likeness (QED) is 0.498. The maximum Gasteiger partial charge on any atom is 0.245 e. The Labute approximate surface area is 80.0 Å². The molecule has 0 aliphatic heterocycles. The van der Waals surface area contributed by atoms with Crippen LogP contribution in [0.4, 0.5) is 0 Å². The number of nitrogens with zero attached hydrogens (tertiary/aromatic N) is 1. The lowest BCUT2D eigenvalue weighted by Crippen LogP contribution is -2.33. The van der Waals surface area contributed by atoms with Crippen molar-refractivity contribution in [1.29, 1.82) is 0 Å². The van der Waals surface area contributed by atoms with Crippen molar-refractivity contribution in [3.63, 3.8) is 0 Å². The predicted octanol–water partition coefficient (Wildman–Crippen LogP) is 1.18. The topological polar surface area (TPSA) is 40.5 Å². The van der Waals surface area contributed by atoms with Gasteiger partial charge in [0.2, 0.25) is 5.91 Å². The molecule has 0 aromatic carbocycles. The Bertz CT molecular complexity index is 168. The Morgan fingerprint density at radius 2 is 2.23 bits per heavy atom. The summed E-state index contributed by atoms with van der Waals surface area (Å²) in [7, 11) is 1.77.